The third-order valence-corrected chi connectivity index (χ3v) is 2.71. The number of benzene rings is 1. The van der Waals surface area contributed by atoms with Gasteiger partial charge in [0, 0.05) is 13.7 Å². The molecule has 0 aliphatic heterocycles. The molecule has 0 aliphatic carbocycles. The first-order valence-electron chi connectivity index (χ1n) is 6.29. The fourth-order valence-electron chi connectivity index (χ4n) is 1.58. The number of rotatable bonds is 6. The first-order chi connectivity index (χ1) is 9.45. The number of nitrogens with one attached hydrogen (secondary N) is 2. The molecule has 0 saturated carbocycles. The molecular formula is C14H19FN2O3. The Labute approximate surface area is 117 Å². The number of hydrogen-bond acceptors (Lipinski definition) is 3. The van der Waals surface area contributed by atoms with Gasteiger partial charge in [-0.15, -0.1) is 0 Å². The van der Waals surface area contributed by atoms with Gasteiger partial charge < -0.3 is 15.4 Å². The highest BCUT2D eigenvalue weighted by Gasteiger charge is 2.18. The molecule has 110 valence electrons. The molecule has 0 bridgehead atoms. The third kappa shape index (κ3) is 4.62. The van der Waals surface area contributed by atoms with Crippen LogP contribution in [0.4, 0.5) is 4.39 Å². The molecule has 0 heterocycles. The van der Waals surface area contributed by atoms with Gasteiger partial charge >= 0.3 is 0 Å². The van der Waals surface area contributed by atoms with Crippen molar-refractivity contribution in [3.8, 4) is 0 Å². The van der Waals surface area contributed by atoms with Crippen molar-refractivity contribution in [2.45, 2.75) is 19.9 Å². The third-order valence-electron chi connectivity index (χ3n) is 2.71. The molecule has 6 heteroatoms. The Morgan fingerprint density at radius 2 is 2.10 bits per heavy atom. The molecule has 0 spiro atoms. The van der Waals surface area contributed by atoms with E-state index in [-0.39, 0.29) is 11.5 Å². The van der Waals surface area contributed by atoms with Gasteiger partial charge in [-0.05, 0) is 26.0 Å². The fraction of sp³-hybridized carbons (Fsp3) is 0.429. The fourth-order valence-corrected chi connectivity index (χ4v) is 1.58. The topological polar surface area (TPSA) is 67.4 Å². The molecular weight excluding hydrogens is 263 g/mol. The first-order valence-corrected chi connectivity index (χ1v) is 6.29. The number of ether oxygens (including phenoxy) is 1. The molecule has 20 heavy (non-hydrogen) atoms. The number of carbonyl (C=O) groups is 2. The summed E-state index contributed by atoms with van der Waals surface area (Å²) in [5.41, 5.74) is 0.704. The molecule has 2 N–H and O–H groups in total. The van der Waals surface area contributed by atoms with Crippen LogP contribution in [0.3, 0.4) is 0 Å². The van der Waals surface area contributed by atoms with Crippen LogP contribution in [-0.2, 0) is 9.53 Å². The minimum Gasteiger partial charge on any atom is -0.383 e. The van der Waals surface area contributed by atoms with Crippen molar-refractivity contribution < 1.29 is 18.7 Å². The maximum atomic E-state index is 13.5. The number of halogens is 1. The highest BCUT2D eigenvalue weighted by molar-refractivity contribution is 5.97. The molecule has 1 rings (SSSR count). The lowest BCUT2D eigenvalue weighted by Crippen LogP contribution is -2.45. The van der Waals surface area contributed by atoms with Gasteiger partial charge in [-0.25, -0.2) is 4.39 Å². The Bertz CT molecular complexity index is 491. The van der Waals surface area contributed by atoms with Crippen molar-refractivity contribution in [1.82, 2.24) is 10.6 Å². The Kier molecular flexibility index (Phi) is 6.11. The van der Waals surface area contributed by atoms with Crippen LogP contribution in [0.25, 0.3) is 0 Å². The van der Waals surface area contributed by atoms with Gasteiger partial charge in [0.1, 0.15) is 11.9 Å². The van der Waals surface area contributed by atoms with Crippen LogP contribution in [-0.4, -0.2) is 38.1 Å². The van der Waals surface area contributed by atoms with E-state index in [1.54, 1.807) is 13.0 Å². The Morgan fingerprint density at radius 1 is 1.40 bits per heavy atom. The predicted octanol–water partition coefficient (Wildman–Crippen LogP) is 1.02. The zero-order valence-corrected chi connectivity index (χ0v) is 11.8. The summed E-state index contributed by atoms with van der Waals surface area (Å²) in [7, 11) is 1.53. The zero-order chi connectivity index (χ0) is 15.1. The van der Waals surface area contributed by atoms with Gasteiger partial charge in [0.25, 0.3) is 5.91 Å². The number of carbonyl (C=O) groups excluding carboxylic acids is 2. The minimum absolute atomic E-state index is 0.0680. The smallest absolute Gasteiger partial charge is 0.254 e. The van der Waals surface area contributed by atoms with Gasteiger partial charge in [0.15, 0.2) is 0 Å². The predicted molar refractivity (Wildman–Crippen MR) is 73.0 cm³/mol. The van der Waals surface area contributed by atoms with Crippen LogP contribution in [0.1, 0.15) is 22.8 Å². The van der Waals surface area contributed by atoms with Crippen molar-refractivity contribution in [3.05, 3.63) is 35.1 Å². The van der Waals surface area contributed by atoms with E-state index >= 15 is 0 Å². The van der Waals surface area contributed by atoms with E-state index in [4.69, 9.17) is 4.74 Å². The van der Waals surface area contributed by atoms with Crippen LogP contribution in [0, 0.1) is 12.7 Å². The number of aryl methyl sites for hydroxylation is 1. The second-order valence-corrected chi connectivity index (χ2v) is 4.46. The SMILES string of the molecule is COCCNC(=O)C(C)NC(=O)c1cc(C)ccc1F. The summed E-state index contributed by atoms with van der Waals surface area (Å²) in [5, 5.41) is 5.05. The lowest BCUT2D eigenvalue weighted by Gasteiger charge is -2.14. The molecule has 1 unspecified atom stereocenters. The lowest BCUT2D eigenvalue weighted by atomic mass is 10.1. The van der Waals surface area contributed by atoms with Gasteiger partial charge in [0.2, 0.25) is 5.91 Å². The number of hydrogen-bond donors (Lipinski definition) is 2. The summed E-state index contributed by atoms with van der Waals surface area (Å²) in [5.74, 6) is -1.57. The average molecular weight is 282 g/mol. The summed E-state index contributed by atoms with van der Waals surface area (Å²) < 4.78 is 18.3. The quantitative estimate of drug-likeness (QED) is 0.765. The number of amides is 2. The Balaban J connectivity index is 2.61. The largest absolute Gasteiger partial charge is 0.383 e. The molecule has 1 aromatic carbocycles. The van der Waals surface area contributed by atoms with Crippen LogP contribution < -0.4 is 10.6 Å². The van der Waals surface area contributed by atoms with E-state index in [0.29, 0.717) is 13.2 Å². The van der Waals surface area contributed by atoms with E-state index in [0.717, 1.165) is 5.56 Å². The van der Waals surface area contributed by atoms with Crippen LogP contribution >= 0.6 is 0 Å². The summed E-state index contributed by atoms with van der Waals surface area (Å²) in [6.07, 6.45) is 0. The van der Waals surface area contributed by atoms with Crippen molar-refractivity contribution in [2.24, 2.45) is 0 Å². The first kappa shape index (κ1) is 16.1. The van der Waals surface area contributed by atoms with Crippen LogP contribution in [0.2, 0.25) is 0 Å². The molecule has 5 nitrogen and oxygen atoms in total. The monoisotopic (exact) mass is 282 g/mol. The van der Waals surface area contributed by atoms with E-state index in [2.05, 4.69) is 10.6 Å². The normalized spacial score (nSPS) is 11.8. The minimum atomic E-state index is -0.751. The summed E-state index contributed by atoms with van der Waals surface area (Å²) in [6.45, 7) is 4.04. The molecule has 0 aromatic heterocycles. The van der Waals surface area contributed by atoms with Crippen molar-refractivity contribution in [1.29, 1.82) is 0 Å². The summed E-state index contributed by atoms with van der Waals surface area (Å²) in [6, 6.07) is 3.50. The lowest BCUT2D eigenvalue weighted by molar-refractivity contribution is -0.122. The zero-order valence-electron chi connectivity index (χ0n) is 11.8. The van der Waals surface area contributed by atoms with Crippen LogP contribution in [0.5, 0.6) is 0 Å². The van der Waals surface area contributed by atoms with E-state index in [1.807, 2.05) is 0 Å². The molecule has 0 radical (unpaired) electrons. The second-order valence-electron chi connectivity index (χ2n) is 4.46. The standard InChI is InChI=1S/C14H19FN2O3/c1-9-4-5-12(15)11(8-9)14(19)17-10(2)13(18)16-6-7-20-3/h4-5,8,10H,6-7H2,1-3H3,(H,16,18)(H,17,19). The van der Waals surface area contributed by atoms with Crippen LogP contribution in [0.15, 0.2) is 18.2 Å². The Hall–Kier alpha value is -1.95. The van der Waals surface area contributed by atoms with Gasteiger partial charge in [0.05, 0.1) is 12.2 Å². The van der Waals surface area contributed by atoms with Crippen molar-refractivity contribution in [2.75, 3.05) is 20.3 Å². The second kappa shape index (κ2) is 7.59. The maximum Gasteiger partial charge on any atom is 0.254 e. The Morgan fingerprint density at radius 3 is 2.75 bits per heavy atom. The van der Waals surface area contributed by atoms with E-state index in [1.165, 1.54) is 26.2 Å². The van der Waals surface area contributed by atoms with Crippen molar-refractivity contribution >= 4 is 11.8 Å². The van der Waals surface area contributed by atoms with Crippen molar-refractivity contribution in [3.63, 3.8) is 0 Å². The summed E-state index contributed by atoms with van der Waals surface area (Å²) in [4.78, 5) is 23.6. The molecule has 1 atom stereocenters. The summed E-state index contributed by atoms with van der Waals surface area (Å²) >= 11 is 0. The van der Waals surface area contributed by atoms with Gasteiger partial charge in [-0.1, -0.05) is 11.6 Å². The maximum absolute atomic E-state index is 13.5. The molecule has 2 amide bonds. The molecule has 0 fully saturated rings. The van der Waals surface area contributed by atoms with E-state index < -0.39 is 17.8 Å². The molecule has 0 aliphatic rings. The number of methoxy groups -OCH3 is 1. The highest BCUT2D eigenvalue weighted by Crippen LogP contribution is 2.10. The van der Waals surface area contributed by atoms with E-state index in [9.17, 15) is 14.0 Å². The molecule has 0 saturated heterocycles. The highest BCUT2D eigenvalue weighted by atomic mass is 19.1. The average Bonchev–Trinajstić information content (AvgIpc) is 2.41. The molecule has 1 aromatic rings. The van der Waals surface area contributed by atoms with Gasteiger partial charge in [-0.2, -0.15) is 0 Å². The van der Waals surface area contributed by atoms with Gasteiger partial charge in [-0.3, -0.25) is 9.59 Å².